The molecule has 2 atom stereocenters. The van der Waals surface area contributed by atoms with Crippen LogP contribution in [0.5, 0.6) is 0 Å². The van der Waals surface area contributed by atoms with Gasteiger partial charge in [-0.05, 0) is 19.4 Å². The Hall–Kier alpha value is -0.870. The van der Waals surface area contributed by atoms with Crippen LogP contribution in [0.2, 0.25) is 0 Å². The molecule has 1 rings (SSSR count). The summed E-state index contributed by atoms with van der Waals surface area (Å²) in [4.78, 5) is 10.8. The second kappa shape index (κ2) is 5.46. The standard InChI is InChI=1S/C12H15BrO3/c1-3-16-11(14)10(13)12(2,15)9-7-5-4-6-8-9/h4-8,10,15H,3H2,1-2H3/t10-,12-/m0/s1. The smallest absolute Gasteiger partial charge is 0.323 e. The molecular formula is C12H15BrO3. The first-order valence-electron chi connectivity index (χ1n) is 5.08. The summed E-state index contributed by atoms with van der Waals surface area (Å²) in [5.41, 5.74) is -0.613. The lowest BCUT2D eigenvalue weighted by Crippen LogP contribution is -2.39. The summed E-state index contributed by atoms with van der Waals surface area (Å²) in [5.74, 6) is -0.462. The van der Waals surface area contributed by atoms with Gasteiger partial charge in [-0.1, -0.05) is 46.3 Å². The highest BCUT2D eigenvalue weighted by Gasteiger charge is 2.37. The second-order valence-electron chi connectivity index (χ2n) is 3.63. The molecular weight excluding hydrogens is 272 g/mol. The van der Waals surface area contributed by atoms with Crippen molar-refractivity contribution in [3.63, 3.8) is 0 Å². The fourth-order valence-corrected chi connectivity index (χ4v) is 1.76. The average Bonchev–Trinajstić information content (AvgIpc) is 2.29. The highest BCUT2D eigenvalue weighted by atomic mass is 79.9. The molecule has 0 aliphatic heterocycles. The first-order chi connectivity index (χ1) is 7.50. The van der Waals surface area contributed by atoms with Gasteiger partial charge < -0.3 is 9.84 Å². The predicted molar refractivity (Wildman–Crippen MR) is 65.4 cm³/mol. The third kappa shape index (κ3) is 2.83. The number of carbonyl (C=O) groups excluding carboxylic acids is 1. The van der Waals surface area contributed by atoms with Gasteiger partial charge in [-0.2, -0.15) is 0 Å². The van der Waals surface area contributed by atoms with Crippen molar-refractivity contribution in [3.8, 4) is 0 Å². The van der Waals surface area contributed by atoms with Gasteiger partial charge >= 0.3 is 5.97 Å². The van der Waals surface area contributed by atoms with Crippen molar-refractivity contribution in [1.29, 1.82) is 0 Å². The van der Waals surface area contributed by atoms with Crippen molar-refractivity contribution >= 4 is 21.9 Å². The van der Waals surface area contributed by atoms with E-state index in [0.717, 1.165) is 0 Å². The highest BCUT2D eigenvalue weighted by molar-refractivity contribution is 9.10. The molecule has 0 unspecified atom stereocenters. The summed E-state index contributed by atoms with van der Waals surface area (Å²) in [7, 11) is 0. The van der Waals surface area contributed by atoms with E-state index in [2.05, 4.69) is 15.9 Å². The topological polar surface area (TPSA) is 46.5 Å². The van der Waals surface area contributed by atoms with Crippen LogP contribution < -0.4 is 0 Å². The van der Waals surface area contributed by atoms with Crippen LogP contribution in [0.4, 0.5) is 0 Å². The highest BCUT2D eigenvalue weighted by Crippen LogP contribution is 2.30. The number of halogens is 1. The molecule has 0 spiro atoms. The second-order valence-corrected chi connectivity index (χ2v) is 4.54. The summed E-state index contributed by atoms with van der Waals surface area (Å²) in [5, 5.41) is 10.3. The normalized spacial score (nSPS) is 16.2. The largest absolute Gasteiger partial charge is 0.465 e. The van der Waals surface area contributed by atoms with Crippen LogP contribution in [0.1, 0.15) is 19.4 Å². The monoisotopic (exact) mass is 286 g/mol. The maximum atomic E-state index is 11.5. The Morgan fingerprint density at radius 2 is 2.06 bits per heavy atom. The third-order valence-electron chi connectivity index (χ3n) is 2.35. The zero-order chi connectivity index (χ0) is 12.2. The van der Waals surface area contributed by atoms with Crippen molar-refractivity contribution < 1.29 is 14.6 Å². The Morgan fingerprint density at radius 1 is 1.50 bits per heavy atom. The molecule has 88 valence electrons. The Labute approximate surface area is 104 Å². The van der Waals surface area contributed by atoms with Crippen molar-refractivity contribution in [1.82, 2.24) is 0 Å². The van der Waals surface area contributed by atoms with Crippen molar-refractivity contribution in [2.45, 2.75) is 24.3 Å². The summed E-state index contributed by atoms with van der Waals surface area (Å²) < 4.78 is 4.87. The summed E-state index contributed by atoms with van der Waals surface area (Å²) in [6, 6.07) is 9.03. The van der Waals surface area contributed by atoms with Crippen LogP contribution in [0.3, 0.4) is 0 Å². The summed E-state index contributed by atoms with van der Waals surface area (Å²) >= 11 is 3.18. The molecule has 1 aromatic rings. The Balaban J connectivity index is 2.89. The van der Waals surface area contributed by atoms with E-state index in [1.54, 1.807) is 26.0 Å². The van der Waals surface area contributed by atoms with Crippen LogP contribution in [0.25, 0.3) is 0 Å². The van der Waals surface area contributed by atoms with Crippen LogP contribution in [0, 0.1) is 0 Å². The molecule has 1 N–H and O–H groups in total. The zero-order valence-corrected chi connectivity index (χ0v) is 10.9. The molecule has 3 nitrogen and oxygen atoms in total. The minimum atomic E-state index is -1.28. The van der Waals surface area contributed by atoms with Crippen molar-refractivity contribution in [2.24, 2.45) is 0 Å². The van der Waals surface area contributed by atoms with Crippen molar-refractivity contribution in [3.05, 3.63) is 35.9 Å². The van der Waals surface area contributed by atoms with E-state index in [1.807, 2.05) is 18.2 Å². The van der Waals surface area contributed by atoms with Crippen LogP contribution in [-0.4, -0.2) is 22.5 Å². The van der Waals surface area contributed by atoms with E-state index in [-0.39, 0.29) is 0 Å². The minimum absolute atomic E-state index is 0.297. The van der Waals surface area contributed by atoms with E-state index >= 15 is 0 Å². The maximum Gasteiger partial charge on any atom is 0.323 e. The fraction of sp³-hybridized carbons (Fsp3) is 0.417. The Bertz CT molecular complexity index is 349. The third-order valence-corrected chi connectivity index (χ3v) is 3.61. The number of alkyl halides is 1. The van der Waals surface area contributed by atoms with Crippen LogP contribution >= 0.6 is 15.9 Å². The predicted octanol–water partition coefficient (Wildman–Crippen LogP) is 2.22. The number of rotatable bonds is 4. The Kier molecular flexibility index (Phi) is 4.50. The molecule has 1 aromatic carbocycles. The van der Waals surface area contributed by atoms with Gasteiger partial charge in [-0.25, -0.2) is 0 Å². The van der Waals surface area contributed by atoms with E-state index < -0.39 is 16.4 Å². The number of ether oxygens (including phenoxy) is 1. The molecule has 0 aromatic heterocycles. The molecule has 0 aliphatic carbocycles. The molecule has 0 radical (unpaired) electrons. The van der Waals surface area contributed by atoms with Crippen molar-refractivity contribution in [2.75, 3.05) is 6.61 Å². The molecule has 0 bridgehead atoms. The summed E-state index contributed by atoms with van der Waals surface area (Å²) in [6.45, 7) is 3.61. The van der Waals surface area contributed by atoms with Gasteiger partial charge in [0.25, 0.3) is 0 Å². The van der Waals surface area contributed by atoms with E-state index in [1.165, 1.54) is 0 Å². The number of hydrogen-bond acceptors (Lipinski definition) is 3. The molecule has 0 aliphatic rings. The van der Waals surface area contributed by atoms with Crippen LogP contribution in [-0.2, 0) is 15.1 Å². The molecule has 0 fully saturated rings. The SMILES string of the molecule is CCOC(=O)[C@H](Br)[C@@](C)(O)c1ccccc1. The van der Waals surface area contributed by atoms with Gasteiger partial charge in [-0.15, -0.1) is 0 Å². The molecule has 4 heteroatoms. The summed E-state index contributed by atoms with van der Waals surface area (Å²) in [6.07, 6.45) is 0. The number of esters is 1. The van der Waals surface area contributed by atoms with Gasteiger partial charge in [0.15, 0.2) is 0 Å². The number of aliphatic hydroxyl groups is 1. The first kappa shape index (κ1) is 13.2. The van der Waals surface area contributed by atoms with Gasteiger partial charge in [0, 0.05) is 0 Å². The zero-order valence-electron chi connectivity index (χ0n) is 9.31. The van der Waals surface area contributed by atoms with Crippen LogP contribution in [0.15, 0.2) is 30.3 Å². The first-order valence-corrected chi connectivity index (χ1v) is 6.00. The minimum Gasteiger partial charge on any atom is -0.465 e. The number of carbonyl (C=O) groups is 1. The molecule has 0 saturated carbocycles. The van der Waals surface area contributed by atoms with Gasteiger partial charge in [0.2, 0.25) is 0 Å². The lowest BCUT2D eigenvalue weighted by atomic mass is 9.92. The number of benzene rings is 1. The molecule has 0 amide bonds. The van der Waals surface area contributed by atoms with E-state index in [4.69, 9.17) is 4.74 Å². The Morgan fingerprint density at radius 3 is 2.56 bits per heavy atom. The molecule has 0 saturated heterocycles. The lowest BCUT2D eigenvalue weighted by molar-refractivity contribution is -0.147. The maximum absolute atomic E-state index is 11.5. The average molecular weight is 287 g/mol. The molecule has 16 heavy (non-hydrogen) atoms. The quantitative estimate of drug-likeness (QED) is 0.682. The van der Waals surface area contributed by atoms with Gasteiger partial charge in [0.1, 0.15) is 10.4 Å². The van der Waals surface area contributed by atoms with Gasteiger partial charge in [0.05, 0.1) is 6.61 Å². The van der Waals surface area contributed by atoms with Gasteiger partial charge in [-0.3, -0.25) is 4.79 Å². The van der Waals surface area contributed by atoms with E-state index in [9.17, 15) is 9.90 Å². The molecule has 0 heterocycles. The number of hydrogen-bond donors (Lipinski definition) is 1. The fourth-order valence-electron chi connectivity index (χ4n) is 1.37. The lowest BCUT2D eigenvalue weighted by Gasteiger charge is -2.27. The van der Waals surface area contributed by atoms with E-state index in [0.29, 0.717) is 12.2 Å².